The lowest BCUT2D eigenvalue weighted by atomic mass is 10.1. The maximum Gasteiger partial charge on any atom is 0.265 e. The van der Waals surface area contributed by atoms with Crippen LogP contribution in [0, 0.1) is 25.2 Å². The maximum atomic E-state index is 13.6. The molecule has 1 aliphatic heterocycles. The van der Waals surface area contributed by atoms with Gasteiger partial charge in [0.05, 0.1) is 17.3 Å². The molecule has 0 saturated carbocycles. The van der Waals surface area contributed by atoms with Gasteiger partial charge in [-0.15, -0.1) is 5.10 Å². The third-order valence-corrected chi connectivity index (χ3v) is 8.55. The Morgan fingerprint density at radius 1 is 1.23 bits per heavy atom. The molecule has 0 aliphatic carbocycles. The van der Waals surface area contributed by atoms with Crippen molar-refractivity contribution in [1.29, 1.82) is 5.26 Å². The van der Waals surface area contributed by atoms with Gasteiger partial charge < -0.3 is 10.1 Å². The lowest BCUT2D eigenvalue weighted by molar-refractivity contribution is 0.0927. The summed E-state index contributed by atoms with van der Waals surface area (Å²) in [5.74, 6) is 0.243. The average Bonchev–Trinajstić information content (AvgIpc) is 3.25. The van der Waals surface area contributed by atoms with E-state index in [0.717, 1.165) is 17.1 Å². The molecule has 0 bridgehead atoms. The minimum Gasteiger partial charge on any atom is -0.456 e. The number of sulfonamides is 1. The normalized spacial score (nSPS) is 14.9. The zero-order chi connectivity index (χ0) is 25.2. The Morgan fingerprint density at radius 2 is 1.97 bits per heavy atom. The number of hydrogen-bond acceptors (Lipinski definition) is 8. The molecule has 1 aliphatic rings. The number of halogens is 1. The first-order valence-corrected chi connectivity index (χ1v) is 13.4. The summed E-state index contributed by atoms with van der Waals surface area (Å²) >= 11 is 7.15. The monoisotopic (exact) mass is 531 g/mol. The molecule has 0 radical (unpaired) electrons. The van der Waals surface area contributed by atoms with Gasteiger partial charge in [-0.3, -0.25) is 4.79 Å². The molecule has 12 heteroatoms. The molecule has 9 nitrogen and oxygen atoms in total. The number of benzene rings is 2. The van der Waals surface area contributed by atoms with Gasteiger partial charge in [-0.2, -0.15) is 9.57 Å². The molecule has 4 rings (SSSR count). The van der Waals surface area contributed by atoms with Gasteiger partial charge in [0, 0.05) is 24.2 Å². The summed E-state index contributed by atoms with van der Waals surface area (Å²) in [4.78, 5) is 12.8. The Labute approximate surface area is 212 Å². The molecule has 0 unspecified atom stereocenters. The smallest absolute Gasteiger partial charge is 0.265 e. The van der Waals surface area contributed by atoms with E-state index in [0.29, 0.717) is 34.2 Å². The fraction of sp³-hybridized carbons (Fsp3) is 0.304. The van der Waals surface area contributed by atoms with Crippen LogP contribution < -0.4 is 10.1 Å². The Bertz CT molecular complexity index is 1390. The van der Waals surface area contributed by atoms with Gasteiger partial charge in [-0.1, -0.05) is 16.1 Å². The van der Waals surface area contributed by atoms with Crippen molar-refractivity contribution in [2.45, 2.75) is 37.6 Å². The number of aromatic nitrogens is 2. The number of amides is 1. The molecule has 35 heavy (non-hydrogen) atoms. The predicted molar refractivity (Wildman–Crippen MR) is 131 cm³/mol. The van der Waals surface area contributed by atoms with E-state index in [-0.39, 0.29) is 41.2 Å². The zero-order valence-corrected chi connectivity index (χ0v) is 21.4. The number of piperidine rings is 1. The second-order valence-corrected chi connectivity index (χ2v) is 11.3. The fourth-order valence-corrected chi connectivity index (χ4v) is 6.27. The van der Waals surface area contributed by atoms with Crippen molar-refractivity contribution in [2.24, 2.45) is 0 Å². The van der Waals surface area contributed by atoms with Crippen LogP contribution in [0.2, 0.25) is 5.02 Å². The Balaban J connectivity index is 1.52. The topological polar surface area (TPSA) is 125 Å². The van der Waals surface area contributed by atoms with E-state index in [1.54, 1.807) is 25.1 Å². The second-order valence-electron chi connectivity index (χ2n) is 8.18. The van der Waals surface area contributed by atoms with E-state index in [2.05, 4.69) is 14.9 Å². The summed E-state index contributed by atoms with van der Waals surface area (Å²) in [6.45, 7) is 3.98. The molecular weight excluding hydrogens is 510 g/mol. The summed E-state index contributed by atoms with van der Waals surface area (Å²) in [5.41, 5.74) is 1.63. The van der Waals surface area contributed by atoms with Crippen molar-refractivity contribution >= 4 is 39.1 Å². The first-order chi connectivity index (χ1) is 16.7. The van der Waals surface area contributed by atoms with Crippen molar-refractivity contribution in [3.8, 4) is 17.6 Å². The van der Waals surface area contributed by atoms with Crippen molar-refractivity contribution in [3.63, 3.8) is 0 Å². The molecule has 1 fully saturated rings. The van der Waals surface area contributed by atoms with Crippen molar-refractivity contribution < 1.29 is 17.9 Å². The van der Waals surface area contributed by atoms with Gasteiger partial charge in [-0.05, 0) is 80.2 Å². The highest BCUT2D eigenvalue weighted by Crippen LogP contribution is 2.34. The molecule has 2 heterocycles. The molecule has 0 spiro atoms. The number of rotatable bonds is 6. The van der Waals surface area contributed by atoms with Crippen molar-refractivity contribution in [2.75, 3.05) is 13.1 Å². The highest BCUT2D eigenvalue weighted by Gasteiger charge is 2.33. The van der Waals surface area contributed by atoms with Gasteiger partial charge in [0.1, 0.15) is 21.3 Å². The quantitative estimate of drug-likeness (QED) is 0.508. The molecule has 1 aromatic heterocycles. The Kier molecular flexibility index (Phi) is 7.37. The number of ether oxygens (including phenoxy) is 1. The molecule has 1 N–H and O–H groups in total. The lowest BCUT2D eigenvalue weighted by Crippen LogP contribution is -2.46. The lowest BCUT2D eigenvalue weighted by Gasteiger charge is -2.32. The SMILES string of the molecule is Cc1cc(Cl)cc(Oc2ccc(C#N)cc2S(=O)(=O)N2CCC(NC(=O)c3snnc3C)CC2)c1. The van der Waals surface area contributed by atoms with Crippen LogP contribution in [0.5, 0.6) is 11.5 Å². The molecule has 182 valence electrons. The zero-order valence-electron chi connectivity index (χ0n) is 19.0. The van der Waals surface area contributed by atoms with Crippen LogP contribution in [-0.2, 0) is 10.0 Å². The fourth-order valence-electron chi connectivity index (χ4n) is 3.82. The third-order valence-electron chi connectivity index (χ3n) is 5.58. The van der Waals surface area contributed by atoms with Crippen molar-refractivity contribution in [1.82, 2.24) is 19.2 Å². The van der Waals surface area contributed by atoms with Crippen LogP contribution in [0.1, 0.15) is 39.3 Å². The van der Waals surface area contributed by atoms with Crippen LogP contribution in [0.3, 0.4) is 0 Å². The van der Waals surface area contributed by atoms with E-state index >= 15 is 0 Å². The number of nitriles is 1. The summed E-state index contributed by atoms with van der Waals surface area (Å²) in [6.07, 6.45) is 0.885. The third kappa shape index (κ3) is 5.62. The van der Waals surface area contributed by atoms with Crippen LogP contribution in [-0.4, -0.2) is 47.3 Å². The van der Waals surface area contributed by atoms with Gasteiger partial charge in [-0.25, -0.2) is 8.42 Å². The van der Waals surface area contributed by atoms with Crippen molar-refractivity contribution in [3.05, 3.63) is 63.1 Å². The van der Waals surface area contributed by atoms with Gasteiger partial charge in [0.15, 0.2) is 0 Å². The summed E-state index contributed by atoms with van der Waals surface area (Å²) < 4.78 is 38.2. The van der Waals surface area contributed by atoms with E-state index in [1.165, 1.54) is 22.5 Å². The van der Waals surface area contributed by atoms with Crippen LogP contribution in [0.25, 0.3) is 0 Å². The van der Waals surface area contributed by atoms with Crippen LogP contribution in [0.4, 0.5) is 0 Å². The van der Waals surface area contributed by atoms with E-state index in [1.807, 2.05) is 13.0 Å². The highest BCUT2D eigenvalue weighted by atomic mass is 35.5. The number of aryl methyl sites for hydroxylation is 2. The molecule has 3 aromatic rings. The summed E-state index contributed by atoms with van der Waals surface area (Å²) in [6, 6.07) is 11.2. The Hall–Kier alpha value is -3.04. The number of carbonyl (C=O) groups is 1. The standard InChI is InChI=1S/C23H22ClN5O4S2/c1-14-9-17(24)12-19(10-14)33-20-4-3-16(13-25)11-21(20)35(31,32)29-7-5-18(6-8-29)26-23(30)22-15(2)27-28-34-22/h3-4,9-12,18H,5-8H2,1-2H3,(H,26,30). The molecule has 1 saturated heterocycles. The first-order valence-electron chi connectivity index (χ1n) is 10.8. The van der Waals surface area contributed by atoms with Crippen LogP contribution >= 0.6 is 23.1 Å². The number of nitrogens with zero attached hydrogens (tertiary/aromatic N) is 4. The molecule has 1 amide bonds. The molecule has 2 aromatic carbocycles. The summed E-state index contributed by atoms with van der Waals surface area (Å²) in [7, 11) is -3.97. The predicted octanol–water partition coefficient (Wildman–Crippen LogP) is 4.06. The first kappa shape index (κ1) is 25.1. The molecule has 0 atom stereocenters. The van der Waals surface area contributed by atoms with Crippen LogP contribution in [0.15, 0.2) is 41.3 Å². The van der Waals surface area contributed by atoms with E-state index in [4.69, 9.17) is 16.3 Å². The van der Waals surface area contributed by atoms with E-state index in [9.17, 15) is 18.5 Å². The van der Waals surface area contributed by atoms with Gasteiger partial charge >= 0.3 is 0 Å². The Morgan fingerprint density at radius 3 is 2.60 bits per heavy atom. The number of hydrogen-bond donors (Lipinski definition) is 1. The highest BCUT2D eigenvalue weighted by molar-refractivity contribution is 7.89. The molecular formula is C23H22ClN5O4S2. The van der Waals surface area contributed by atoms with Gasteiger partial charge in [0.2, 0.25) is 10.0 Å². The summed E-state index contributed by atoms with van der Waals surface area (Å²) in [5, 5.41) is 16.6. The maximum absolute atomic E-state index is 13.6. The van der Waals surface area contributed by atoms with Gasteiger partial charge in [0.25, 0.3) is 5.91 Å². The average molecular weight is 532 g/mol. The second kappa shape index (κ2) is 10.3. The minimum atomic E-state index is -3.97. The minimum absolute atomic E-state index is 0.0944. The number of carbonyl (C=O) groups excluding carboxylic acids is 1. The largest absolute Gasteiger partial charge is 0.456 e. The number of nitrogens with one attached hydrogen (secondary N) is 1. The van der Waals surface area contributed by atoms with E-state index < -0.39 is 10.0 Å².